The van der Waals surface area contributed by atoms with Gasteiger partial charge in [-0.05, 0) is 31.2 Å². The number of carbonyl (C=O) groups is 2. The van der Waals surface area contributed by atoms with E-state index in [4.69, 9.17) is 0 Å². The van der Waals surface area contributed by atoms with Crippen LogP contribution in [0.4, 0.5) is 19.3 Å². The lowest BCUT2D eigenvalue weighted by Gasteiger charge is -2.40. The first-order valence-corrected chi connectivity index (χ1v) is 8.34. The summed E-state index contributed by atoms with van der Waals surface area (Å²) in [6, 6.07) is 10.5. The number of anilines is 1. The van der Waals surface area contributed by atoms with E-state index in [2.05, 4.69) is 5.32 Å². The monoisotopic (exact) mass is 371 g/mol. The Bertz CT molecular complexity index is 908. The molecule has 0 saturated carbocycles. The van der Waals surface area contributed by atoms with Gasteiger partial charge in [0.05, 0.1) is 17.2 Å². The molecule has 2 aromatic rings. The van der Waals surface area contributed by atoms with Gasteiger partial charge in [-0.1, -0.05) is 24.3 Å². The summed E-state index contributed by atoms with van der Waals surface area (Å²) in [5.74, 6) is -2.17. The van der Waals surface area contributed by atoms with E-state index in [1.807, 2.05) is 0 Å². The van der Waals surface area contributed by atoms with Gasteiger partial charge >= 0.3 is 6.03 Å². The van der Waals surface area contributed by atoms with E-state index >= 15 is 0 Å². The van der Waals surface area contributed by atoms with Crippen LogP contribution in [0.3, 0.4) is 0 Å². The van der Waals surface area contributed by atoms with E-state index in [0.717, 1.165) is 17.0 Å². The maximum Gasteiger partial charge on any atom is 0.324 e. The van der Waals surface area contributed by atoms with Crippen LogP contribution in [0.2, 0.25) is 0 Å². The van der Waals surface area contributed by atoms with Crippen molar-refractivity contribution in [2.75, 3.05) is 19.4 Å². The minimum Gasteiger partial charge on any atom is -0.322 e. The van der Waals surface area contributed by atoms with Crippen LogP contribution in [0.5, 0.6) is 0 Å². The third-order valence-corrected chi connectivity index (χ3v) is 4.69. The highest BCUT2D eigenvalue weighted by Gasteiger charge is 2.40. The highest BCUT2D eigenvalue weighted by atomic mass is 19.1. The van der Waals surface area contributed by atoms with Gasteiger partial charge in [0.1, 0.15) is 11.6 Å². The van der Waals surface area contributed by atoms with Crippen molar-refractivity contribution in [3.8, 4) is 0 Å². The molecule has 1 N–H and O–H groups in total. The van der Waals surface area contributed by atoms with Crippen LogP contribution in [0.1, 0.15) is 18.5 Å². The molecule has 0 saturated heterocycles. The number of rotatable bonds is 3. The Morgan fingerprint density at radius 3 is 2.19 bits per heavy atom. The number of allylic oxidation sites excluding steroid dienone is 1. The topological polar surface area (TPSA) is 52.7 Å². The number of para-hydroxylation sites is 1. The number of halogens is 2. The van der Waals surface area contributed by atoms with Crippen LogP contribution in [0.15, 0.2) is 59.8 Å². The molecular weight excluding hydrogens is 352 g/mol. The van der Waals surface area contributed by atoms with E-state index in [1.165, 1.54) is 25.1 Å². The second-order valence-electron chi connectivity index (χ2n) is 6.31. The molecule has 0 unspecified atom stereocenters. The summed E-state index contributed by atoms with van der Waals surface area (Å²) < 4.78 is 29.0. The molecule has 0 aliphatic carbocycles. The van der Waals surface area contributed by atoms with Crippen LogP contribution in [-0.2, 0) is 4.79 Å². The fraction of sp³-hybridized carbons (Fsp3) is 0.200. The number of hydrogen-bond acceptors (Lipinski definition) is 2. The molecule has 7 heteroatoms. The molecule has 0 aromatic heterocycles. The summed E-state index contributed by atoms with van der Waals surface area (Å²) in [5, 5.41) is 2.73. The SMILES string of the molecule is CC1=C(C(=O)Nc2ccccc2)[C@H](c2c(F)cccc2F)N(C)C(=O)N1C. The molecule has 1 atom stereocenters. The summed E-state index contributed by atoms with van der Waals surface area (Å²) in [4.78, 5) is 28.0. The normalized spacial score (nSPS) is 17.4. The maximum atomic E-state index is 14.5. The van der Waals surface area contributed by atoms with E-state index in [9.17, 15) is 18.4 Å². The standard InChI is InChI=1S/C20H19F2N3O2/c1-12-16(19(26)23-13-8-5-4-6-9-13)18(25(3)20(27)24(12)2)17-14(21)10-7-11-15(17)22/h4-11,18H,1-3H3,(H,23,26)/t18-/m1/s1. The smallest absolute Gasteiger partial charge is 0.322 e. The minimum absolute atomic E-state index is 0.104. The van der Waals surface area contributed by atoms with Gasteiger partial charge in [0.15, 0.2) is 0 Å². The molecule has 3 amide bonds. The van der Waals surface area contributed by atoms with Crippen LogP contribution in [0.25, 0.3) is 0 Å². The van der Waals surface area contributed by atoms with Gasteiger partial charge in [0.2, 0.25) is 0 Å². The molecule has 0 radical (unpaired) electrons. The highest BCUT2D eigenvalue weighted by Crippen LogP contribution is 2.38. The predicted molar refractivity (Wildman–Crippen MR) is 97.8 cm³/mol. The minimum atomic E-state index is -1.18. The highest BCUT2D eigenvalue weighted by molar-refractivity contribution is 6.06. The quantitative estimate of drug-likeness (QED) is 0.889. The average Bonchev–Trinajstić information content (AvgIpc) is 2.64. The van der Waals surface area contributed by atoms with Crippen molar-refractivity contribution in [3.63, 3.8) is 0 Å². The molecule has 140 valence electrons. The molecular formula is C20H19F2N3O2. The molecule has 2 aromatic carbocycles. The van der Waals surface area contributed by atoms with Crippen LogP contribution in [-0.4, -0.2) is 35.8 Å². The molecule has 0 bridgehead atoms. The number of likely N-dealkylation sites (N-methyl/N-ethyl adjacent to an activating group) is 1. The van der Waals surface area contributed by atoms with E-state index in [0.29, 0.717) is 11.4 Å². The van der Waals surface area contributed by atoms with E-state index < -0.39 is 29.6 Å². The molecule has 3 rings (SSSR count). The first-order chi connectivity index (χ1) is 12.8. The molecule has 1 aliphatic heterocycles. The van der Waals surface area contributed by atoms with E-state index in [-0.39, 0.29) is 11.1 Å². The summed E-state index contributed by atoms with van der Waals surface area (Å²) in [7, 11) is 2.93. The van der Waals surface area contributed by atoms with E-state index in [1.54, 1.807) is 37.3 Å². The maximum absolute atomic E-state index is 14.5. The van der Waals surface area contributed by atoms with Crippen molar-refractivity contribution in [2.45, 2.75) is 13.0 Å². The number of nitrogens with one attached hydrogen (secondary N) is 1. The molecule has 0 spiro atoms. The van der Waals surface area contributed by atoms with Gasteiger partial charge < -0.3 is 15.1 Å². The van der Waals surface area contributed by atoms with Crippen molar-refractivity contribution >= 4 is 17.6 Å². The lowest BCUT2D eigenvalue weighted by molar-refractivity contribution is -0.113. The van der Waals surface area contributed by atoms with Crippen molar-refractivity contribution in [1.29, 1.82) is 0 Å². The average molecular weight is 371 g/mol. The fourth-order valence-electron chi connectivity index (χ4n) is 3.18. The van der Waals surface area contributed by atoms with Gasteiger partial charge in [-0.25, -0.2) is 13.6 Å². The first-order valence-electron chi connectivity index (χ1n) is 8.34. The zero-order chi connectivity index (χ0) is 19.7. The van der Waals surface area contributed by atoms with Crippen LogP contribution < -0.4 is 5.32 Å². The fourth-order valence-corrected chi connectivity index (χ4v) is 3.18. The Hall–Kier alpha value is -3.22. The second-order valence-corrected chi connectivity index (χ2v) is 6.31. The number of urea groups is 1. The first kappa shape index (κ1) is 18.6. The molecule has 0 fully saturated rings. The van der Waals surface area contributed by atoms with Crippen molar-refractivity contribution < 1.29 is 18.4 Å². The Labute approximate surface area is 155 Å². The predicted octanol–water partition coefficient (Wildman–Crippen LogP) is 3.92. The third kappa shape index (κ3) is 3.28. The van der Waals surface area contributed by atoms with Crippen LogP contribution in [0, 0.1) is 11.6 Å². The summed E-state index contributed by atoms with van der Waals surface area (Å²) in [6.45, 7) is 1.58. The Kier molecular flexibility index (Phi) is 4.94. The second kappa shape index (κ2) is 7.19. The Morgan fingerprint density at radius 1 is 1.00 bits per heavy atom. The van der Waals surface area contributed by atoms with Gasteiger partial charge in [0, 0.05) is 25.5 Å². The van der Waals surface area contributed by atoms with Crippen molar-refractivity contribution in [3.05, 3.63) is 77.0 Å². The number of amides is 3. The zero-order valence-corrected chi connectivity index (χ0v) is 15.2. The lowest BCUT2D eigenvalue weighted by Crippen LogP contribution is -2.48. The third-order valence-electron chi connectivity index (χ3n) is 4.69. The Morgan fingerprint density at radius 2 is 1.59 bits per heavy atom. The lowest BCUT2D eigenvalue weighted by atomic mass is 9.92. The number of nitrogens with zero attached hydrogens (tertiary/aromatic N) is 2. The van der Waals surface area contributed by atoms with Crippen molar-refractivity contribution in [2.24, 2.45) is 0 Å². The largest absolute Gasteiger partial charge is 0.324 e. The van der Waals surface area contributed by atoms with Gasteiger partial charge in [-0.3, -0.25) is 4.79 Å². The van der Waals surface area contributed by atoms with Gasteiger partial charge in [-0.2, -0.15) is 0 Å². The molecule has 5 nitrogen and oxygen atoms in total. The molecule has 27 heavy (non-hydrogen) atoms. The van der Waals surface area contributed by atoms with Crippen molar-refractivity contribution in [1.82, 2.24) is 9.80 Å². The Balaban J connectivity index is 2.13. The summed E-state index contributed by atoms with van der Waals surface area (Å²) in [5.41, 5.74) is 0.642. The van der Waals surface area contributed by atoms with Crippen LogP contribution >= 0.6 is 0 Å². The zero-order valence-electron chi connectivity index (χ0n) is 15.2. The molecule has 1 heterocycles. The summed E-state index contributed by atoms with van der Waals surface area (Å²) in [6.07, 6.45) is 0. The number of benzene rings is 2. The van der Waals surface area contributed by atoms with Gasteiger partial charge in [-0.15, -0.1) is 0 Å². The number of carbonyl (C=O) groups excluding carboxylic acids is 2. The number of hydrogen-bond donors (Lipinski definition) is 1. The summed E-state index contributed by atoms with van der Waals surface area (Å²) >= 11 is 0. The van der Waals surface area contributed by atoms with Gasteiger partial charge in [0.25, 0.3) is 5.91 Å². The molecule has 1 aliphatic rings.